The molecule has 1 aromatic carbocycles. The smallest absolute Gasteiger partial charge is 0.176 e. The molecule has 0 saturated carbocycles. The minimum Gasteiger partial charge on any atom is -0.497 e. The molecule has 0 unspecified atom stereocenters. The van der Waals surface area contributed by atoms with E-state index in [9.17, 15) is 4.79 Å². The van der Waals surface area contributed by atoms with Gasteiger partial charge < -0.3 is 14.8 Å². The maximum atomic E-state index is 12.0. The lowest BCUT2D eigenvalue weighted by Crippen LogP contribution is -2.38. The zero-order valence-electron chi connectivity index (χ0n) is 12.6. The molecule has 5 nitrogen and oxygen atoms in total. The van der Waals surface area contributed by atoms with Crippen LogP contribution in [0.5, 0.6) is 5.75 Å². The van der Waals surface area contributed by atoms with Crippen LogP contribution in [0.1, 0.15) is 16.8 Å². The molecule has 1 aromatic rings. The Hall–Kier alpha value is -1.43. The number of morpholine rings is 1. The van der Waals surface area contributed by atoms with E-state index in [-0.39, 0.29) is 5.78 Å². The highest BCUT2D eigenvalue weighted by molar-refractivity contribution is 5.97. The van der Waals surface area contributed by atoms with Gasteiger partial charge in [0.15, 0.2) is 5.78 Å². The number of nitrogens with zero attached hydrogens (tertiary/aromatic N) is 1. The van der Waals surface area contributed by atoms with Crippen LogP contribution in [0.4, 0.5) is 0 Å². The number of ketones is 1. The molecule has 1 heterocycles. The summed E-state index contributed by atoms with van der Waals surface area (Å²) in [5.74, 6) is 0.883. The molecule has 0 bridgehead atoms. The third-order valence-electron chi connectivity index (χ3n) is 3.63. The Morgan fingerprint density at radius 1 is 1.29 bits per heavy atom. The molecule has 0 radical (unpaired) electrons. The van der Waals surface area contributed by atoms with E-state index in [2.05, 4.69) is 10.2 Å². The topological polar surface area (TPSA) is 50.8 Å². The average Bonchev–Trinajstić information content (AvgIpc) is 2.55. The Labute approximate surface area is 126 Å². The van der Waals surface area contributed by atoms with Gasteiger partial charge in [0.25, 0.3) is 0 Å². The van der Waals surface area contributed by atoms with Crippen LogP contribution in [0, 0.1) is 0 Å². The van der Waals surface area contributed by atoms with E-state index in [0.717, 1.165) is 57.1 Å². The lowest BCUT2D eigenvalue weighted by atomic mass is 10.1. The van der Waals surface area contributed by atoms with Gasteiger partial charge in [-0.3, -0.25) is 9.69 Å². The first-order valence-electron chi connectivity index (χ1n) is 7.47. The number of ether oxygens (including phenoxy) is 2. The molecule has 1 N–H and O–H groups in total. The molecule has 1 aliphatic rings. The summed E-state index contributed by atoms with van der Waals surface area (Å²) in [6.45, 7) is 6.02. The van der Waals surface area contributed by atoms with E-state index >= 15 is 0 Å². The van der Waals surface area contributed by atoms with Gasteiger partial charge in [-0.25, -0.2) is 0 Å². The lowest BCUT2D eigenvalue weighted by Gasteiger charge is -2.26. The fraction of sp³-hybridized carbons (Fsp3) is 0.562. The zero-order chi connectivity index (χ0) is 14.9. The van der Waals surface area contributed by atoms with Crippen LogP contribution in [0.3, 0.4) is 0 Å². The molecule has 1 aliphatic heterocycles. The summed E-state index contributed by atoms with van der Waals surface area (Å²) < 4.78 is 10.4. The summed E-state index contributed by atoms with van der Waals surface area (Å²) in [7, 11) is 1.62. The van der Waals surface area contributed by atoms with Crippen molar-refractivity contribution < 1.29 is 14.3 Å². The normalized spacial score (nSPS) is 15.9. The van der Waals surface area contributed by atoms with Gasteiger partial charge in [0.2, 0.25) is 0 Å². The summed E-state index contributed by atoms with van der Waals surface area (Å²) in [6.07, 6.45) is 1.05. The van der Waals surface area contributed by atoms with E-state index < -0.39 is 0 Å². The molecule has 0 amide bonds. The number of rotatable bonds is 8. The minimum absolute atomic E-state index is 0.115. The largest absolute Gasteiger partial charge is 0.497 e. The van der Waals surface area contributed by atoms with Gasteiger partial charge >= 0.3 is 0 Å². The molecule has 1 fully saturated rings. The molecule has 0 spiro atoms. The predicted octanol–water partition coefficient (Wildman–Crippen LogP) is 1.19. The second kappa shape index (κ2) is 8.77. The van der Waals surface area contributed by atoms with Crippen molar-refractivity contribution in [2.24, 2.45) is 0 Å². The fourth-order valence-corrected chi connectivity index (χ4v) is 2.33. The number of carbonyl (C=O) groups excluding carboxylic acids is 1. The Morgan fingerprint density at radius 2 is 2.00 bits per heavy atom. The predicted molar refractivity (Wildman–Crippen MR) is 82.1 cm³/mol. The van der Waals surface area contributed by atoms with Gasteiger partial charge in [0, 0.05) is 18.7 Å². The van der Waals surface area contributed by atoms with Crippen LogP contribution in [0.15, 0.2) is 24.3 Å². The number of methoxy groups -OCH3 is 1. The lowest BCUT2D eigenvalue weighted by molar-refractivity contribution is 0.0375. The van der Waals surface area contributed by atoms with Crippen molar-refractivity contribution in [1.82, 2.24) is 10.2 Å². The molecule has 0 aliphatic carbocycles. The highest BCUT2D eigenvalue weighted by Crippen LogP contribution is 2.11. The maximum absolute atomic E-state index is 12.0. The third kappa shape index (κ3) is 5.46. The quantitative estimate of drug-likeness (QED) is 0.576. The number of hydrogen-bond donors (Lipinski definition) is 1. The van der Waals surface area contributed by atoms with Crippen molar-refractivity contribution >= 4 is 5.78 Å². The van der Waals surface area contributed by atoms with Crippen LogP contribution in [-0.2, 0) is 4.74 Å². The van der Waals surface area contributed by atoms with E-state index in [1.165, 1.54) is 0 Å². The number of hydrogen-bond acceptors (Lipinski definition) is 5. The molecule has 0 aromatic heterocycles. The van der Waals surface area contributed by atoms with Crippen LogP contribution >= 0.6 is 0 Å². The number of carbonyl (C=O) groups is 1. The van der Waals surface area contributed by atoms with Crippen LogP contribution < -0.4 is 10.1 Å². The Morgan fingerprint density at radius 3 is 2.67 bits per heavy atom. The number of benzene rings is 1. The molecule has 0 atom stereocenters. The summed E-state index contributed by atoms with van der Waals surface area (Å²) in [5, 5.41) is 3.21. The van der Waals surface area contributed by atoms with Gasteiger partial charge in [-0.05, 0) is 43.8 Å². The first-order valence-corrected chi connectivity index (χ1v) is 7.47. The molecular formula is C16H24N2O3. The summed E-state index contributed by atoms with van der Waals surface area (Å²) >= 11 is 0. The van der Waals surface area contributed by atoms with E-state index in [0.29, 0.717) is 6.54 Å². The van der Waals surface area contributed by atoms with Crippen molar-refractivity contribution in [2.75, 3.05) is 53.0 Å². The second-order valence-corrected chi connectivity index (χ2v) is 5.14. The highest BCUT2D eigenvalue weighted by atomic mass is 16.5. The van der Waals surface area contributed by atoms with Crippen LogP contribution in [0.2, 0.25) is 0 Å². The third-order valence-corrected chi connectivity index (χ3v) is 3.63. The van der Waals surface area contributed by atoms with Gasteiger partial charge in [-0.15, -0.1) is 0 Å². The van der Waals surface area contributed by atoms with Gasteiger partial charge in [0.05, 0.1) is 26.9 Å². The van der Waals surface area contributed by atoms with Crippen molar-refractivity contribution in [3.8, 4) is 5.75 Å². The Bertz CT molecular complexity index is 428. The molecule has 2 rings (SSSR count). The average molecular weight is 292 g/mol. The first kappa shape index (κ1) is 15.9. The molecule has 116 valence electrons. The van der Waals surface area contributed by atoms with E-state index in [4.69, 9.17) is 9.47 Å². The summed E-state index contributed by atoms with van der Waals surface area (Å²) in [6, 6.07) is 7.23. The molecule has 21 heavy (non-hydrogen) atoms. The van der Waals surface area contributed by atoms with Crippen LogP contribution in [0.25, 0.3) is 0 Å². The maximum Gasteiger partial charge on any atom is 0.176 e. The Balaban J connectivity index is 1.60. The Kier molecular flexibility index (Phi) is 6.66. The summed E-state index contributed by atoms with van der Waals surface area (Å²) in [5.41, 5.74) is 0.719. The van der Waals surface area contributed by atoms with Crippen molar-refractivity contribution in [2.45, 2.75) is 6.42 Å². The van der Waals surface area contributed by atoms with Crippen LogP contribution in [-0.4, -0.2) is 63.7 Å². The number of nitrogens with one attached hydrogen (secondary N) is 1. The first-order chi connectivity index (χ1) is 10.3. The zero-order valence-corrected chi connectivity index (χ0v) is 12.6. The van der Waals surface area contributed by atoms with Crippen molar-refractivity contribution in [3.63, 3.8) is 0 Å². The fourth-order valence-electron chi connectivity index (χ4n) is 2.33. The minimum atomic E-state index is 0.115. The highest BCUT2D eigenvalue weighted by Gasteiger charge is 2.09. The van der Waals surface area contributed by atoms with E-state index in [1.807, 2.05) is 12.1 Å². The standard InChI is InChI=1S/C16H24N2O3/c1-20-15-5-3-14(4-6-15)16(19)13-17-7-2-8-18-9-11-21-12-10-18/h3-6,17H,2,7-13H2,1H3. The molecule has 1 saturated heterocycles. The second-order valence-electron chi connectivity index (χ2n) is 5.14. The van der Waals surface area contributed by atoms with Crippen molar-refractivity contribution in [3.05, 3.63) is 29.8 Å². The number of Topliss-reactive ketones (excluding diaryl/α,β-unsaturated/α-hetero) is 1. The molecular weight excluding hydrogens is 268 g/mol. The summed E-state index contributed by atoms with van der Waals surface area (Å²) in [4.78, 5) is 14.4. The monoisotopic (exact) mass is 292 g/mol. The SMILES string of the molecule is COc1ccc(C(=O)CNCCCN2CCOCC2)cc1. The van der Waals surface area contributed by atoms with Crippen molar-refractivity contribution in [1.29, 1.82) is 0 Å². The van der Waals surface area contributed by atoms with E-state index in [1.54, 1.807) is 19.2 Å². The molecule has 5 heteroatoms. The van der Waals surface area contributed by atoms with Gasteiger partial charge in [-0.1, -0.05) is 0 Å². The van der Waals surface area contributed by atoms with Gasteiger partial charge in [0.1, 0.15) is 5.75 Å². The van der Waals surface area contributed by atoms with Gasteiger partial charge in [-0.2, -0.15) is 0 Å².